The number of H-pyrrole nitrogens is 2. The van der Waals surface area contributed by atoms with E-state index in [2.05, 4.69) is 25.9 Å². The minimum Gasteiger partial charge on any atom is -0.508 e. The molecule has 0 bridgehead atoms. The number of rotatable bonds is 14. The number of nitrogens with one attached hydrogen (secondary N) is 5. The van der Waals surface area contributed by atoms with Crippen LogP contribution in [0.1, 0.15) is 16.7 Å². The number of carboxylic acids is 1. The molecule has 4 unspecified atom stereocenters. The Balaban J connectivity index is 1.30. The van der Waals surface area contributed by atoms with Crippen LogP contribution in [0.5, 0.6) is 5.75 Å². The van der Waals surface area contributed by atoms with Crippen molar-refractivity contribution in [2.45, 2.75) is 43.4 Å². The number of aliphatic hydroxyl groups is 1. The maximum atomic E-state index is 13.6. The summed E-state index contributed by atoms with van der Waals surface area (Å²) in [5.74, 6) is -3.61. The van der Waals surface area contributed by atoms with Crippen molar-refractivity contribution in [2.24, 2.45) is 5.73 Å². The van der Waals surface area contributed by atoms with Crippen LogP contribution in [-0.4, -0.2) is 79.8 Å². The van der Waals surface area contributed by atoms with E-state index in [-0.39, 0.29) is 25.0 Å². The first kappa shape index (κ1) is 32.7. The lowest BCUT2D eigenvalue weighted by Gasteiger charge is -2.24. The van der Waals surface area contributed by atoms with Gasteiger partial charge in [-0.25, -0.2) is 4.79 Å². The van der Waals surface area contributed by atoms with Crippen LogP contribution in [-0.2, 0) is 38.4 Å². The number of aromatic nitrogens is 2. The van der Waals surface area contributed by atoms with Crippen molar-refractivity contribution < 1.29 is 34.5 Å². The van der Waals surface area contributed by atoms with Gasteiger partial charge < -0.3 is 47.0 Å². The molecule has 0 spiro atoms. The summed E-state index contributed by atoms with van der Waals surface area (Å²) in [5, 5.41) is 38.8. The van der Waals surface area contributed by atoms with Crippen LogP contribution in [0.3, 0.4) is 0 Å². The number of aliphatic carboxylic acids is 1. The molecule has 0 aliphatic carbocycles. The Kier molecular flexibility index (Phi) is 10.2. The first-order chi connectivity index (χ1) is 22.6. The van der Waals surface area contributed by atoms with Gasteiger partial charge in [-0.2, -0.15) is 0 Å². The molecular weight excluding hydrogens is 604 g/mol. The minimum atomic E-state index is -1.44. The van der Waals surface area contributed by atoms with E-state index in [0.717, 1.165) is 27.4 Å². The van der Waals surface area contributed by atoms with Gasteiger partial charge in [0.25, 0.3) is 0 Å². The SMILES string of the molecule is NC(Cc1c[nH]c2ccccc12)C(=O)NC(CO)C(=O)NC(Cc1c[nH]c2ccccc12)C(=O)NC(Cc1ccc(O)cc1)C(=O)O. The Bertz CT molecular complexity index is 1880. The van der Waals surface area contributed by atoms with E-state index in [1.807, 2.05) is 48.5 Å². The predicted molar refractivity (Wildman–Crippen MR) is 174 cm³/mol. The van der Waals surface area contributed by atoms with Crippen LogP contribution in [0.4, 0.5) is 0 Å². The van der Waals surface area contributed by atoms with Crippen LogP contribution in [0.2, 0.25) is 0 Å². The van der Waals surface area contributed by atoms with Gasteiger partial charge in [0.1, 0.15) is 23.9 Å². The number of aromatic hydroxyl groups is 1. The lowest BCUT2D eigenvalue weighted by molar-refractivity contribution is -0.142. The molecule has 13 nitrogen and oxygen atoms in total. The third-order valence-corrected chi connectivity index (χ3v) is 7.99. The number of phenolic OH excluding ortho intramolecular Hbond substituents is 1. The molecule has 0 aliphatic rings. The fourth-order valence-electron chi connectivity index (χ4n) is 5.45. The Morgan fingerprint density at radius 1 is 0.660 bits per heavy atom. The second-order valence-corrected chi connectivity index (χ2v) is 11.3. The number of fused-ring (bicyclic) bond motifs is 2. The van der Waals surface area contributed by atoms with Gasteiger partial charge in [-0.15, -0.1) is 0 Å². The number of phenols is 1. The van der Waals surface area contributed by atoms with Gasteiger partial charge in [-0.1, -0.05) is 48.5 Å². The molecule has 4 atom stereocenters. The van der Waals surface area contributed by atoms with Gasteiger partial charge in [0.05, 0.1) is 12.6 Å². The largest absolute Gasteiger partial charge is 0.508 e. The van der Waals surface area contributed by atoms with Crippen LogP contribution >= 0.6 is 0 Å². The highest BCUT2D eigenvalue weighted by Gasteiger charge is 2.31. The van der Waals surface area contributed by atoms with Gasteiger partial charge in [0.15, 0.2) is 0 Å². The molecule has 5 rings (SSSR count). The highest BCUT2D eigenvalue weighted by atomic mass is 16.4. The van der Waals surface area contributed by atoms with E-state index < -0.39 is 54.5 Å². The second-order valence-electron chi connectivity index (χ2n) is 11.3. The Morgan fingerprint density at radius 3 is 1.74 bits per heavy atom. The molecule has 3 amide bonds. The van der Waals surface area contributed by atoms with E-state index in [1.165, 1.54) is 12.1 Å². The number of para-hydroxylation sites is 2. The molecule has 0 fully saturated rings. The average molecular weight is 641 g/mol. The standard InChI is InChI=1S/C34H36N6O7/c35-25(14-20-16-36-26-7-3-1-5-23(20)26)31(43)40-30(18-41)33(45)38-28(15-21-17-37-27-8-4-2-6-24(21)27)32(44)39-29(34(46)47)13-19-9-11-22(42)12-10-19/h1-12,16-17,25,28-30,36-37,41-42H,13-15,18,35H2,(H,38,45)(H,39,44)(H,40,43)(H,46,47). The fourth-order valence-corrected chi connectivity index (χ4v) is 5.45. The Morgan fingerprint density at radius 2 is 1.17 bits per heavy atom. The fraction of sp³-hybridized carbons (Fsp3) is 0.235. The first-order valence-electron chi connectivity index (χ1n) is 15.0. The quantitative estimate of drug-likeness (QED) is 0.0857. The summed E-state index contributed by atoms with van der Waals surface area (Å²) in [6, 6.07) is 15.7. The number of carboxylic acid groups (broad SMARTS) is 1. The number of carbonyl (C=O) groups is 4. The van der Waals surface area contributed by atoms with E-state index in [4.69, 9.17) is 5.73 Å². The lowest BCUT2D eigenvalue weighted by atomic mass is 10.0. The number of carbonyl (C=O) groups excluding carboxylic acids is 3. The molecular formula is C34H36N6O7. The van der Waals surface area contributed by atoms with Crippen molar-refractivity contribution >= 4 is 45.5 Å². The summed E-state index contributed by atoms with van der Waals surface area (Å²) in [6.45, 7) is -0.780. The number of hydrogen-bond donors (Lipinski definition) is 9. The first-order valence-corrected chi connectivity index (χ1v) is 15.0. The van der Waals surface area contributed by atoms with Crippen molar-refractivity contribution in [3.8, 4) is 5.75 Å². The minimum absolute atomic E-state index is 0.00983. The summed E-state index contributed by atoms with van der Waals surface area (Å²) in [7, 11) is 0. The average Bonchev–Trinajstić information content (AvgIpc) is 3.67. The van der Waals surface area contributed by atoms with Crippen LogP contribution < -0.4 is 21.7 Å². The van der Waals surface area contributed by atoms with E-state index in [1.54, 1.807) is 24.5 Å². The topological polar surface area (TPSA) is 223 Å². The third-order valence-electron chi connectivity index (χ3n) is 7.99. The molecule has 244 valence electrons. The molecule has 3 aromatic carbocycles. The highest BCUT2D eigenvalue weighted by Crippen LogP contribution is 2.20. The van der Waals surface area contributed by atoms with Gasteiger partial charge in [-0.3, -0.25) is 14.4 Å². The van der Waals surface area contributed by atoms with Crippen LogP contribution in [0, 0.1) is 0 Å². The van der Waals surface area contributed by atoms with Crippen LogP contribution in [0.15, 0.2) is 85.2 Å². The highest BCUT2D eigenvalue weighted by molar-refractivity contribution is 5.95. The molecule has 2 aromatic heterocycles. The Labute approximate surface area is 269 Å². The molecule has 47 heavy (non-hydrogen) atoms. The lowest BCUT2D eigenvalue weighted by Crippen LogP contribution is -2.58. The third kappa shape index (κ3) is 7.95. The Hall–Kier alpha value is -5.66. The molecule has 5 aromatic rings. The van der Waals surface area contributed by atoms with E-state index in [9.17, 15) is 34.5 Å². The number of aliphatic hydroxyl groups excluding tert-OH is 1. The van der Waals surface area contributed by atoms with Gasteiger partial charge >= 0.3 is 5.97 Å². The molecule has 2 heterocycles. The second kappa shape index (κ2) is 14.6. The molecule has 13 heteroatoms. The van der Waals surface area contributed by atoms with Crippen molar-refractivity contribution in [1.29, 1.82) is 0 Å². The smallest absolute Gasteiger partial charge is 0.326 e. The molecule has 10 N–H and O–H groups in total. The van der Waals surface area contributed by atoms with Crippen molar-refractivity contribution in [1.82, 2.24) is 25.9 Å². The molecule has 0 saturated carbocycles. The summed E-state index contributed by atoms with van der Waals surface area (Å²) in [6.07, 6.45) is 3.50. The van der Waals surface area contributed by atoms with Crippen LogP contribution in [0.25, 0.3) is 21.8 Å². The van der Waals surface area contributed by atoms with Crippen molar-refractivity contribution in [2.75, 3.05) is 6.61 Å². The van der Waals surface area contributed by atoms with Gasteiger partial charge in [-0.05, 0) is 47.4 Å². The van der Waals surface area contributed by atoms with E-state index >= 15 is 0 Å². The molecule has 0 aliphatic heterocycles. The van der Waals surface area contributed by atoms with Crippen molar-refractivity contribution in [3.63, 3.8) is 0 Å². The number of aromatic amines is 2. The van der Waals surface area contributed by atoms with Crippen molar-refractivity contribution in [3.05, 3.63) is 102 Å². The molecule has 0 radical (unpaired) electrons. The summed E-state index contributed by atoms with van der Waals surface area (Å²) < 4.78 is 0. The zero-order valence-electron chi connectivity index (χ0n) is 25.3. The summed E-state index contributed by atoms with van der Waals surface area (Å²) in [5.41, 5.74) is 9.90. The maximum Gasteiger partial charge on any atom is 0.326 e. The van der Waals surface area contributed by atoms with Gasteiger partial charge in [0.2, 0.25) is 17.7 Å². The molecule has 0 saturated heterocycles. The van der Waals surface area contributed by atoms with Gasteiger partial charge in [0, 0.05) is 47.0 Å². The number of hydrogen-bond acceptors (Lipinski definition) is 7. The zero-order valence-corrected chi connectivity index (χ0v) is 25.3. The zero-order chi connectivity index (χ0) is 33.5. The number of nitrogens with two attached hydrogens (primary N) is 1. The summed E-state index contributed by atoms with van der Waals surface area (Å²) >= 11 is 0. The van der Waals surface area contributed by atoms with E-state index in [0.29, 0.717) is 11.1 Å². The monoisotopic (exact) mass is 640 g/mol. The normalized spacial score (nSPS) is 13.8. The summed E-state index contributed by atoms with van der Waals surface area (Å²) in [4.78, 5) is 58.4. The predicted octanol–water partition coefficient (Wildman–Crippen LogP) is 1.24. The number of amides is 3. The number of benzene rings is 3. The maximum absolute atomic E-state index is 13.6.